The molecule has 0 aromatic heterocycles. The highest BCUT2D eigenvalue weighted by Crippen LogP contribution is 2.29. The lowest BCUT2D eigenvalue weighted by atomic mass is 10.1. The first kappa shape index (κ1) is 17.3. The molecule has 0 aliphatic rings. The highest BCUT2D eigenvalue weighted by molar-refractivity contribution is 7.86. The summed E-state index contributed by atoms with van der Waals surface area (Å²) in [5.41, 5.74) is 5.20. The molecular weight excluding hydrogens is 348 g/mol. The second-order valence-corrected chi connectivity index (χ2v) is 7.40. The Labute approximate surface area is 131 Å². The maximum absolute atomic E-state index is 11.4. The summed E-state index contributed by atoms with van der Waals surface area (Å²) in [5.74, 6) is -0.613. The first-order chi connectivity index (χ1) is 10.5. The maximum Gasteiger partial charge on any atom is 0.294 e. The Morgan fingerprint density at radius 2 is 1.57 bits per heavy atom. The third-order valence-corrected chi connectivity index (χ3v) is 4.63. The molecule has 5 N–H and O–H groups in total. The lowest BCUT2D eigenvalue weighted by Crippen LogP contribution is -2.22. The average molecular weight is 360 g/mol. The second kappa shape index (κ2) is 5.86. The lowest BCUT2D eigenvalue weighted by Gasteiger charge is -2.11. The monoisotopic (exact) mass is 360 g/mol. The predicted molar refractivity (Wildman–Crippen MR) is 81.3 cm³/mol. The first-order valence-corrected chi connectivity index (χ1v) is 8.93. The van der Waals surface area contributed by atoms with Gasteiger partial charge >= 0.3 is 0 Å². The van der Waals surface area contributed by atoms with Gasteiger partial charge in [0.05, 0.1) is 16.3 Å². The van der Waals surface area contributed by atoms with Crippen LogP contribution in [0.5, 0.6) is 0 Å². The number of rotatable bonds is 4. The topological polar surface area (TPSA) is 164 Å². The van der Waals surface area contributed by atoms with E-state index in [0.717, 1.165) is 24.3 Å². The predicted octanol–water partition coefficient (Wildman–Crippen LogP) is 0.230. The Bertz CT molecular complexity index is 992. The average Bonchev–Trinajstić information content (AvgIpc) is 2.44. The zero-order valence-electron chi connectivity index (χ0n) is 11.4. The fourth-order valence-electron chi connectivity index (χ4n) is 1.93. The number of fused-ring (bicyclic) bond motifs is 1. The SMILES string of the molecule is NCC(=O)Nc1cc(S(=O)(=O)O)cc2cc(S(=O)(=O)O)ccc12. The van der Waals surface area contributed by atoms with Crippen molar-refractivity contribution in [2.45, 2.75) is 9.79 Å². The van der Waals surface area contributed by atoms with Gasteiger partial charge in [0.2, 0.25) is 5.91 Å². The largest absolute Gasteiger partial charge is 0.324 e. The van der Waals surface area contributed by atoms with Crippen LogP contribution in [0.25, 0.3) is 10.8 Å². The number of hydrogen-bond acceptors (Lipinski definition) is 6. The molecule has 2 rings (SSSR count). The second-order valence-electron chi connectivity index (χ2n) is 4.56. The summed E-state index contributed by atoms with van der Waals surface area (Å²) in [6, 6.07) is 5.40. The van der Waals surface area contributed by atoms with Gasteiger partial charge in [0.1, 0.15) is 0 Å². The van der Waals surface area contributed by atoms with Gasteiger partial charge in [0, 0.05) is 11.1 Å². The van der Waals surface area contributed by atoms with Gasteiger partial charge < -0.3 is 11.1 Å². The van der Waals surface area contributed by atoms with Crippen molar-refractivity contribution in [3.63, 3.8) is 0 Å². The van der Waals surface area contributed by atoms with Gasteiger partial charge in [-0.25, -0.2) is 0 Å². The summed E-state index contributed by atoms with van der Waals surface area (Å²) in [6.07, 6.45) is 0. The summed E-state index contributed by atoms with van der Waals surface area (Å²) in [6.45, 7) is -0.360. The Morgan fingerprint density at radius 3 is 2.09 bits per heavy atom. The molecule has 9 nitrogen and oxygen atoms in total. The van der Waals surface area contributed by atoms with E-state index in [4.69, 9.17) is 14.8 Å². The van der Waals surface area contributed by atoms with Crippen LogP contribution in [-0.2, 0) is 25.0 Å². The van der Waals surface area contributed by atoms with Gasteiger partial charge in [-0.05, 0) is 29.7 Å². The summed E-state index contributed by atoms with van der Waals surface area (Å²) < 4.78 is 63.2. The summed E-state index contributed by atoms with van der Waals surface area (Å²) in [4.78, 5) is 10.4. The smallest absolute Gasteiger partial charge is 0.294 e. The summed E-state index contributed by atoms with van der Waals surface area (Å²) in [5, 5.41) is 2.72. The quantitative estimate of drug-likeness (QED) is 0.563. The number of nitrogens with one attached hydrogen (secondary N) is 1. The van der Waals surface area contributed by atoms with E-state index >= 15 is 0 Å². The fraction of sp³-hybridized carbons (Fsp3) is 0.0833. The van der Waals surface area contributed by atoms with E-state index in [9.17, 15) is 21.6 Å². The number of anilines is 1. The molecule has 11 heteroatoms. The van der Waals surface area contributed by atoms with E-state index in [1.165, 1.54) is 6.07 Å². The summed E-state index contributed by atoms with van der Waals surface area (Å²) >= 11 is 0. The van der Waals surface area contributed by atoms with Crippen LogP contribution in [0.15, 0.2) is 40.1 Å². The van der Waals surface area contributed by atoms with Crippen molar-refractivity contribution in [1.29, 1.82) is 0 Å². The Hall–Kier alpha value is -2.05. The molecule has 0 saturated heterocycles. The third-order valence-electron chi connectivity index (χ3n) is 2.95. The molecule has 0 radical (unpaired) electrons. The van der Waals surface area contributed by atoms with Crippen LogP contribution in [-0.4, -0.2) is 38.4 Å². The van der Waals surface area contributed by atoms with Crippen LogP contribution in [0, 0.1) is 0 Å². The maximum atomic E-state index is 11.4. The number of carbonyl (C=O) groups excluding carboxylic acids is 1. The number of hydrogen-bond donors (Lipinski definition) is 4. The normalized spacial score (nSPS) is 12.3. The molecule has 0 aliphatic carbocycles. The molecule has 1 amide bonds. The minimum Gasteiger partial charge on any atom is -0.324 e. The van der Waals surface area contributed by atoms with E-state index < -0.39 is 35.9 Å². The van der Waals surface area contributed by atoms with Gasteiger partial charge in [0.15, 0.2) is 0 Å². The molecule has 0 saturated carbocycles. The van der Waals surface area contributed by atoms with E-state index in [-0.39, 0.29) is 17.6 Å². The lowest BCUT2D eigenvalue weighted by molar-refractivity contribution is -0.114. The molecule has 0 bridgehead atoms. The molecule has 0 heterocycles. The van der Waals surface area contributed by atoms with Gasteiger partial charge in [-0.2, -0.15) is 16.8 Å². The number of amides is 1. The minimum absolute atomic E-state index is 0.0208. The van der Waals surface area contributed by atoms with E-state index in [0.29, 0.717) is 5.39 Å². The molecule has 23 heavy (non-hydrogen) atoms. The Balaban J connectivity index is 2.80. The van der Waals surface area contributed by atoms with Crippen molar-refractivity contribution in [2.24, 2.45) is 5.73 Å². The van der Waals surface area contributed by atoms with Crippen LogP contribution in [0.4, 0.5) is 5.69 Å². The number of benzene rings is 2. The van der Waals surface area contributed by atoms with Gasteiger partial charge in [0.25, 0.3) is 20.2 Å². The number of nitrogens with two attached hydrogens (primary N) is 1. The zero-order chi connectivity index (χ0) is 17.4. The molecule has 124 valence electrons. The van der Waals surface area contributed by atoms with Crippen LogP contribution in [0.2, 0.25) is 0 Å². The molecule has 0 aliphatic heterocycles. The Morgan fingerprint density at radius 1 is 1.00 bits per heavy atom. The molecular formula is C12H12N2O7S2. The van der Waals surface area contributed by atoms with E-state index in [1.807, 2.05) is 0 Å². The van der Waals surface area contributed by atoms with Crippen molar-refractivity contribution in [3.8, 4) is 0 Å². The number of carbonyl (C=O) groups is 1. The van der Waals surface area contributed by atoms with Gasteiger partial charge in [-0.3, -0.25) is 13.9 Å². The first-order valence-electron chi connectivity index (χ1n) is 6.05. The zero-order valence-corrected chi connectivity index (χ0v) is 13.1. The van der Waals surface area contributed by atoms with Gasteiger partial charge in [-0.1, -0.05) is 6.07 Å². The van der Waals surface area contributed by atoms with Crippen molar-refractivity contribution in [3.05, 3.63) is 30.3 Å². The highest BCUT2D eigenvalue weighted by atomic mass is 32.2. The molecule has 2 aromatic carbocycles. The highest BCUT2D eigenvalue weighted by Gasteiger charge is 2.17. The van der Waals surface area contributed by atoms with Crippen molar-refractivity contribution in [1.82, 2.24) is 0 Å². The van der Waals surface area contributed by atoms with Crippen LogP contribution >= 0.6 is 0 Å². The van der Waals surface area contributed by atoms with Crippen molar-refractivity contribution in [2.75, 3.05) is 11.9 Å². The fourth-order valence-corrected chi connectivity index (χ4v) is 2.99. The van der Waals surface area contributed by atoms with E-state index in [2.05, 4.69) is 5.32 Å². The molecule has 0 unspecified atom stereocenters. The van der Waals surface area contributed by atoms with Crippen molar-refractivity contribution >= 4 is 42.6 Å². The standard InChI is InChI=1S/C12H12N2O7S2/c13-6-12(15)14-11-5-9(23(19,20)21)4-7-3-8(22(16,17)18)1-2-10(7)11/h1-5H,6,13H2,(H,14,15)(H,16,17,18)(H,19,20,21). The van der Waals surface area contributed by atoms with E-state index in [1.54, 1.807) is 0 Å². The third kappa shape index (κ3) is 3.83. The molecule has 2 aromatic rings. The minimum atomic E-state index is -4.60. The van der Waals surface area contributed by atoms with Crippen LogP contribution in [0.3, 0.4) is 0 Å². The van der Waals surface area contributed by atoms with Crippen molar-refractivity contribution < 1.29 is 30.7 Å². The van der Waals surface area contributed by atoms with Crippen LogP contribution in [0.1, 0.15) is 0 Å². The molecule has 0 atom stereocenters. The molecule has 0 spiro atoms. The van der Waals surface area contributed by atoms with Crippen LogP contribution < -0.4 is 11.1 Å². The Kier molecular flexibility index (Phi) is 4.41. The molecule has 0 fully saturated rings. The summed E-state index contributed by atoms with van der Waals surface area (Å²) in [7, 11) is -9.10. The van der Waals surface area contributed by atoms with Gasteiger partial charge in [-0.15, -0.1) is 0 Å².